The van der Waals surface area contributed by atoms with E-state index in [4.69, 9.17) is 4.74 Å². The molecule has 0 spiro atoms. The third-order valence-corrected chi connectivity index (χ3v) is 5.86. The molecule has 7 heteroatoms. The fourth-order valence-corrected chi connectivity index (χ4v) is 4.42. The van der Waals surface area contributed by atoms with Gasteiger partial charge in [-0.05, 0) is 29.6 Å². The van der Waals surface area contributed by atoms with Crippen LogP contribution in [0.25, 0.3) is 10.9 Å². The maximum atomic E-state index is 12.9. The van der Waals surface area contributed by atoms with Crippen molar-refractivity contribution < 1.29 is 14.3 Å². The van der Waals surface area contributed by atoms with Gasteiger partial charge in [0.2, 0.25) is 11.8 Å². The van der Waals surface area contributed by atoms with E-state index in [1.165, 1.54) is 0 Å². The number of amides is 2. The van der Waals surface area contributed by atoms with E-state index in [1.807, 2.05) is 41.8 Å². The summed E-state index contributed by atoms with van der Waals surface area (Å²) in [6.07, 6.45) is 1.84. The molecule has 0 saturated carbocycles. The molecule has 0 bridgehead atoms. The van der Waals surface area contributed by atoms with Crippen LogP contribution in [-0.4, -0.2) is 35.9 Å². The van der Waals surface area contributed by atoms with Gasteiger partial charge in [0.25, 0.3) is 0 Å². The Balaban J connectivity index is 1.57. The highest BCUT2D eigenvalue weighted by atomic mass is 32.1. The Kier molecular flexibility index (Phi) is 4.53. The van der Waals surface area contributed by atoms with Gasteiger partial charge in [-0.25, -0.2) is 0 Å². The molecule has 2 unspecified atom stereocenters. The minimum atomic E-state index is -0.423. The number of hydrogen-bond donors (Lipinski definition) is 1. The first kappa shape index (κ1) is 17.5. The predicted octanol–water partition coefficient (Wildman–Crippen LogP) is 3.46. The van der Waals surface area contributed by atoms with Gasteiger partial charge in [-0.1, -0.05) is 6.07 Å². The first-order valence-electron chi connectivity index (χ1n) is 8.60. The molecular weight excluding hydrogens is 362 g/mol. The molecule has 0 aliphatic carbocycles. The van der Waals surface area contributed by atoms with Crippen molar-refractivity contribution in [3.05, 3.63) is 52.9 Å². The Morgan fingerprint density at radius 1 is 1.33 bits per heavy atom. The zero-order valence-electron chi connectivity index (χ0n) is 15.0. The van der Waals surface area contributed by atoms with Gasteiger partial charge in [-0.2, -0.15) is 0 Å². The summed E-state index contributed by atoms with van der Waals surface area (Å²) in [5, 5.41) is 5.80. The number of carbonyl (C=O) groups is 2. The van der Waals surface area contributed by atoms with Crippen LogP contribution in [0.1, 0.15) is 17.3 Å². The van der Waals surface area contributed by atoms with Gasteiger partial charge < -0.3 is 15.0 Å². The van der Waals surface area contributed by atoms with Crippen molar-refractivity contribution in [2.75, 3.05) is 19.5 Å². The lowest BCUT2D eigenvalue weighted by molar-refractivity contribution is -0.127. The molecule has 1 aliphatic heterocycles. The van der Waals surface area contributed by atoms with Crippen LogP contribution < -0.4 is 10.1 Å². The molecule has 3 aromatic rings. The van der Waals surface area contributed by atoms with E-state index in [0.29, 0.717) is 5.69 Å². The summed E-state index contributed by atoms with van der Waals surface area (Å²) < 4.78 is 5.21. The van der Waals surface area contributed by atoms with E-state index in [-0.39, 0.29) is 24.3 Å². The second-order valence-electron chi connectivity index (χ2n) is 6.55. The van der Waals surface area contributed by atoms with Crippen LogP contribution >= 0.6 is 11.3 Å². The number of fused-ring (bicyclic) bond motifs is 1. The zero-order valence-corrected chi connectivity index (χ0v) is 15.8. The molecule has 1 aromatic carbocycles. The molecule has 4 rings (SSSR count). The van der Waals surface area contributed by atoms with E-state index < -0.39 is 5.92 Å². The Hall–Kier alpha value is -2.93. The smallest absolute Gasteiger partial charge is 0.230 e. The molecule has 2 amide bonds. The second kappa shape index (κ2) is 7.00. The molecule has 138 valence electrons. The average Bonchev–Trinajstić information content (AvgIpc) is 3.30. The molecular formula is C20H19N3O3S. The molecule has 1 aliphatic rings. The number of rotatable bonds is 4. The molecule has 2 atom stereocenters. The highest BCUT2D eigenvalue weighted by Gasteiger charge is 2.43. The minimum Gasteiger partial charge on any atom is -0.497 e. The Bertz CT molecular complexity index is 1000. The van der Waals surface area contributed by atoms with E-state index >= 15 is 0 Å². The SMILES string of the molecule is COc1ccc2cc(NC(=O)C3CC(=O)N(C)C3c3cccs3)cnc2c1. The number of likely N-dealkylation sites (tertiary alicyclic amines) is 1. The minimum absolute atomic E-state index is 0.0164. The van der Waals surface area contributed by atoms with E-state index in [2.05, 4.69) is 10.3 Å². The van der Waals surface area contributed by atoms with Crippen molar-refractivity contribution >= 4 is 39.7 Å². The summed E-state index contributed by atoms with van der Waals surface area (Å²) in [6, 6.07) is 11.2. The van der Waals surface area contributed by atoms with Gasteiger partial charge in [-0.3, -0.25) is 14.6 Å². The molecule has 2 aromatic heterocycles. The number of ether oxygens (including phenoxy) is 1. The van der Waals surface area contributed by atoms with Crippen LogP contribution in [0.15, 0.2) is 48.0 Å². The molecule has 6 nitrogen and oxygen atoms in total. The maximum Gasteiger partial charge on any atom is 0.230 e. The quantitative estimate of drug-likeness (QED) is 0.751. The summed E-state index contributed by atoms with van der Waals surface area (Å²) in [4.78, 5) is 32.2. The van der Waals surface area contributed by atoms with E-state index in [9.17, 15) is 9.59 Å². The first-order valence-corrected chi connectivity index (χ1v) is 9.48. The van der Waals surface area contributed by atoms with Crippen molar-refractivity contribution in [1.29, 1.82) is 0 Å². The number of thiophene rings is 1. The van der Waals surface area contributed by atoms with Crippen LogP contribution in [0, 0.1) is 5.92 Å². The van der Waals surface area contributed by atoms with Gasteiger partial charge >= 0.3 is 0 Å². The van der Waals surface area contributed by atoms with Crippen molar-refractivity contribution in [2.45, 2.75) is 12.5 Å². The van der Waals surface area contributed by atoms with Gasteiger partial charge in [0.15, 0.2) is 0 Å². The molecule has 27 heavy (non-hydrogen) atoms. The molecule has 1 fully saturated rings. The summed E-state index contributed by atoms with van der Waals surface area (Å²) in [7, 11) is 3.37. The Labute approximate surface area is 160 Å². The Morgan fingerprint density at radius 2 is 2.19 bits per heavy atom. The van der Waals surface area contributed by atoms with E-state index in [1.54, 1.807) is 36.6 Å². The first-order chi connectivity index (χ1) is 13.1. The van der Waals surface area contributed by atoms with Gasteiger partial charge in [-0.15, -0.1) is 11.3 Å². The van der Waals surface area contributed by atoms with Crippen molar-refractivity contribution in [3.8, 4) is 5.75 Å². The highest BCUT2D eigenvalue weighted by molar-refractivity contribution is 7.10. The molecule has 3 heterocycles. The molecule has 0 radical (unpaired) electrons. The van der Waals surface area contributed by atoms with Crippen LogP contribution in [0.5, 0.6) is 5.75 Å². The number of carbonyl (C=O) groups excluding carboxylic acids is 2. The maximum absolute atomic E-state index is 12.9. The molecule has 1 saturated heterocycles. The monoisotopic (exact) mass is 381 g/mol. The third-order valence-electron chi connectivity index (χ3n) is 4.92. The lowest BCUT2D eigenvalue weighted by Crippen LogP contribution is -2.29. The number of hydrogen-bond acceptors (Lipinski definition) is 5. The van der Waals surface area contributed by atoms with Gasteiger partial charge in [0, 0.05) is 29.8 Å². The number of aromatic nitrogens is 1. The summed E-state index contributed by atoms with van der Waals surface area (Å²) in [5.74, 6) is 0.129. The second-order valence-corrected chi connectivity index (χ2v) is 7.53. The van der Waals surface area contributed by atoms with Crippen molar-refractivity contribution in [1.82, 2.24) is 9.88 Å². The lowest BCUT2D eigenvalue weighted by atomic mass is 9.98. The van der Waals surface area contributed by atoms with Crippen LogP contribution in [-0.2, 0) is 9.59 Å². The lowest BCUT2D eigenvalue weighted by Gasteiger charge is -2.23. The number of anilines is 1. The van der Waals surface area contributed by atoms with Crippen molar-refractivity contribution in [2.24, 2.45) is 5.92 Å². The predicted molar refractivity (Wildman–Crippen MR) is 105 cm³/mol. The standard InChI is InChI=1S/C20H19N3O3S/c1-23-18(24)10-15(19(23)17-4-3-7-27-17)20(25)22-13-8-12-5-6-14(26-2)9-16(12)21-11-13/h3-9,11,15,19H,10H2,1-2H3,(H,22,25). The van der Waals surface area contributed by atoms with Gasteiger partial charge in [0.1, 0.15) is 5.75 Å². The topological polar surface area (TPSA) is 71.5 Å². The summed E-state index contributed by atoms with van der Waals surface area (Å²) in [5.41, 5.74) is 1.41. The largest absolute Gasteiger partial charge is 0.497 e. The fraction of sp³-hybridized carbons (Fsp3) is 0.250. The van der Waals surface area contributed by atoms with Crippen LogP contribution in [0.2, 0.25) is 0 Å². The molecule has 1 N–H and O–H groups in total. The van der Waals surface area contributed by atoms with Crippen LogP contribution in [0.3, 0.4) is 0 Å². The number of methoxy groups -OCH3 is 1. The normalized spacial score (nSPS) is 19.5. The summed E-state index contributed by atoms with van der Waals surface area (Å²) in [6.45, 7) is 0. The zero-order chi connectivity index (χ0) is 19.0. The number of benzene rings is 1. The highest BCUT2D eigenvalue weighted by Crippen LogP contribution is 2.39. The van der Waals surface area contributed by atoms with E-state index in [0.717, 1.165) is 21.5 Å². The van der Waals surface area contributed by atoms with Crippen LogP contribution in [0.4, 0.5) is 5.69 Å². The Morgan fingerprint density at radius 3 is 2.93 bits per heavy atom. The third kappa shape index (κ3) is 3.26. The fourth-order valence-electron chi connectivity index (χ4n) is 3.49. The van der Waals surface area contributed by atoms with Crippen molar-refractivity contribution in [3.63, 3.8) is 0 Å². The number of nitrogens with one attached hydrogen (secondary N) is 1. The van der Waals surface area contributed by atoms with Gasteiger partial charge in [0.05, 0.1) is 36.5 Å². The number of pyridine rings is 1. The average molecular weight is 381 g/mol. The number of nitrogens with zero attached hydrogens (tertiary/aromatic N) is 2. The summed E-state index contributed by atoms with van der Waals surface area (Å²) >= 11 is 1.56.